The Bertz CT molecular complexity index is 1540. The van der Waals surface area contributed by atoms with Crippen molar-refractivity contribution in [3.63, 3.8) is 0 Å². The number of aliphatic carboxylic acids is 1. The highest BCUT2D eigenvalue weighted by Crippen LogP contribution is 2.41. The molecule has 0 aliphatic heterocycles. The van der Waals surface area contributed by atoms with Crippen molar-refractivity contribution in [3.8, 4) is 11.5 Å². The van der Waals surface area contributed by atoms with E-state index in [0.717, 1.165) is 11.1 Å². The monoisotopic (exact) mass is 588 g/mol. The number of halogens is 2. The van der Waals surface area contributed by atoms with Crippen LogP contribution in [0.5, 0.6) is 11.5 Å². The molecule has 0 radical (unpaired) electrons. The molecule has 0 fully saturated rings. The molecule has 0 unspecified atom stereocenters. The van der Waals surface area contributed by atoms with Gasteiger partial charge in [-0.1, -0.05) is 60.7 Å². The number of carbonyl (C=O) groups is 1. The molecule has 0 spiro atoms. The van der Waals surface area contributed by atoms with Gasteiger partial charge >= 0.3 is 5.97 Å². The molecule has 0 heterocycles. The minimum absolute atomic E-state index is 0.0139. The van der Waals surface area contributed by atoms with Crippen LogP contribution in [-0.2, 0) is 28.2 Å². The van der Waals surface area contributed by atoms with Crippen LogP contribution in [0.25, 0.3) is 10.8 Å². The molecule has 0 aliphatic rings. The topological polar surface area (TPSA) is 119 Å². The molecule has 0 saturated heterocycles. The number of hydrogen-bond donors (Lipinski definition) is 2. The van der Waals surface area contributed by atoms with Crippen molar-refractivity contribution in [1.82, 2.24) is 0 Å². The standard InChI is InChI=1S/C26H22BrFN2O6S/c27-21-13-20-19(11-22(21)35-15-17-7-3-1-4-8-17)12-23(36-16-18-9-5-2-6-10-18)26(25(20)28)30(14-24(31)32)37(29,33)34/h1-13H,14-16H2,(H,31,32)(H2,29,33,34). The first kappa shape index (κ1) is 26.4. The van der Waals surface area contributed by atoms with E-state index in [2.05, 4.69) is 15.9 Å². The van der Waals surface area contributed by atoms with Gasteiger partial charge in [-0.2, -0.15) is 8.42 Å². The zero-order valence-electron chi connectivity index (χ0n) is 19.3. The zero-order chi connectivity index (χ0) is 26.6. The van der Waals surface area contributed by atoms with Gasteiger partial charge in [-0.05, 0) is 50.6 Å². The summed E-state index contributed by atoms with van der Waals surface area (Å²) in [6.45, 7) is -0.860. The average Bonchev–Trinajstić information content (AvgIpc) is 2.86. The van der Waals surface area contributed by atoms with Crippen LogP contribution >= 0.6 is 15.9 Å². The van der Waals surface area contributed by atoms with Crippen molar-refractivity contribution in [2.45, 2.75) is 13.2 Å². The average molecular weight is 589 g/mol. The van der Waals surface area contributed by atoms with Crippen LogP contribution in [0.15, 0.2) is 83.3 Å². The quantitative estimate of drug-likeness (QED) is 0.269. The molecule has 3 N–H and O–H groups in total. The van der Waals surface area contributed by atoms with Gasteiger partial charge in [0.25, 0.3) is 10.2 Å². The summed E-state index contributed by atoms with van der Waals surface area (Å²) in [5.74, 6) is -2.30. The predicted octanol–water partition coefficient (Wildman–Crippen LogP) is 4.99. The van der Waals surface area contributed by atoms with Crippen molar-refractivity contribution in [2.75, 3.05) is 10.8 Å². The fourth-order valence-electron chi connectivity index (χ4n) is 3.67. The molecule has 0 aromatic heterocycles. The molecule has 4 aromatic carbocycles. The van der Waals surface area contributed by atoms with Crippen LogP contribution in [0.1, 0.15) is 11.1 Å². The van der Waals surface area contributed by atoms with Crippen molar-refractivity contribution in [2.24, 2.45) is 5.14 Å². The third kappa shape index (κ3) is 6.37. The third-order valence-electron chi connectivity index (χ3n) is 5.38. The summed E-state index contributed by atoms with van der Waals surface area (Å²) < 4.78 is 53.0. The zero-order valence-corrected chi connectivity index (χ0v) is 21.7. The second-order valence-corrected chi connectivity index (χ2v) is 10.4. The maximum Gasteiger partial charge on any atom is 0.324 e. The number of nitrogens with zero attached hydrogens (tertiary/aromatic N) is 1. The number of anilines is 1. The Kier molecular flexibility index (Phi) is 7.96. The molecule has 0 saturated carbocycles. The molecule has 11 heteroatoms. The molecule has 0 amide bonds. The summed E-state index contributed by atoms with van der Waals surface area (Å²) in [5, 5.41) is 14.9. The predicted molar refractivity (Wildman–Crippen MR) is 141 cm³/mol. The molecule has 8 nitrogen and oxygen atoms in total. The van der Waals surface area contributed by atoms with Crippen LogP contribution in [0.2, 0.25) is 0 Å². The van der Waals surface area contributed by atoms with Crippen LogP contribution in [-0.4, -0.2) is 26.0 Å². The van der Waals surface area contributed by atoms with Crippen LogP contribution < -0.4 is 18.9 Å². The highest BCUT2D eigenvalue weighted by molar-refractivity contribution is 9.10. The minimum Gasteiger partial charge on any atom is -0.488 e. The molecule has 192 valence electrons. The lowest BCUT2D eigenvalue weighted by Crippen LogP contribution is -2.41. The Morgan fingerprint density at radius 1 is 0.919 bits per heavy atom. The largest absolute Gasteiger partial charge is 0.488 e. The minimum atomic E-state index is -4.67. The first-order valence-electron chi connectivity index (χ1n) is 10.9. The first-order valence-corrected chi connectivity index (χ1v) is 13.2. The first-order chi connectivity index (χ1) is 17.6. The van der Waals surface area contributed by atoms with Gasteiger partial charge in [-0.15, -0.1) is 0 Å². The van der Waals surface area contributed by atoms with Gasteiger partial charge in [0.2, 0.25) is 0 Å². The summed E-state index contributed by atoms with van der Waals surface area (Å²) in [4.78, 5) is 11.4. The van der Waals surface area contributed by atoms with Crippen molar-refractivity contribution in [1.29, 1.82) is 0 Å². The lowest BCUT2D eigenvalue weighted by molar-refractivity contribution is -0.135. The van der Waals surface area contributed by atoms with Crippen molar-refractivity contribution < 1.29 is 32.2 Å². The Labute approximate surface area is 221 Å². The van der Waals surface area contributed by atoms with E-state index in [9.17, 15) is 18.3 Å². The fraction of sp³-hybridized carbons (Fsp3) is 0.115. The number of carboxylic acids is 1. The molecular formula is C26H22BrFN2O6S. The van der Waals surface area contributed by atoms with Gasteiger partial charge < -0.3 is 14.6 Å². The van der Waals surface area contributed by atoms with E-state index >= 15 is 4.39 Å². The van der Waals surface area contributed by atoms with Crippen LogP contribution in [0.3, 0.4) is 0 Å². The highest BCUT2D eigenvalue weighted by Gasteiger charge is 2.30. The number of ether oxygens (including phenoxy) is 2. The fourth-order valence-corrected chi connectivity index (χ4v) is 4.84. The van der Waals surface area contributed by atoms with E-state index in [1.807, 2.05) is 36.4 Å². The maximum atomic E-state index is 16.0. The smallest absolute Gasteiger partial charge is 0.324 e. The molecule has 4 rings (SSSR count). The lowest BCUT2D eigenvalue weighted by Gasteiger charge is -2.24. The van der Waals surface area contributed by atoms with E-state index < -0.39 is 34.2 Å². The third-order valence-corrected chi connectivity index (χ3v) is 6.92. The molecule has 0 bridgehead atoms. The van der Waals surface area contributed by atoms with E-state index in [4.69, 9.17) is 14.6 Å². The van der Waals surface area contributed by atoms with Gasteiger partial charge in [0.1, 0.15) is 36.9 Å². The maximum absolute atomic E-state index is 16.0. The molecule has 37 heavy (non-hydrogen) atoms. The Morgan fingerprint density at radius 2 is 1.43 bits per heavy atom. The Balaban J connectivity index is 1.82. The lowest BCUT2D eigenvalue weighted by atomic mass is 10.1. The second kappa shape index (κ2) is 11.2. The number of carboxylic acid groups (broad SMARTS) is 1. The van der Waals surface area contributed by atoms with Gasteiger partial charge in [0, 0.05) is 5.39 Å². The van der Waals surface area contributed by atoms with Gasteiger partial charge in [-0.3, -0.25) is 4.79 Å². The van der Waals surface area contributed by atoms with Gasteiger partial charge in [0.15, 0.2) is 5.82 Å². The van der Waals surface area contributed by atoms with E-state index in [1.165, 1.54) is 12.1 Å². The summed E-state index contributed by atoms with van der Waals surface area (Å²) in [5.41, 5.74) is 1.07. The molecule has 4 aromatic rings. The number of fused-ring (bicyclic) bond motifs is 1. The summed E-state index contributed by atoms with van der Waals surface area (Å²) in [6.07, 6.45) is 0. The van der Waals surface area contributed by atoms with Gasteiger partial charge in [0.05, 0.1) is 4.47 Å². The summed E-state index contributed by atoms with van der Waals surface area (Å²) in [6, 6.07) is 22.9. The van der Waals surface area contributed by atoms with Crippen molar-refractivity contribution in [3.05, 3.63) is 100 Å². The van der Waals surface area contributed by atoms with Gasteiger partial charge in [-0.25, -0.2) is 13.8 Å². The Hall–Kier alpha value is -3.67. The summed E-state index contributed by atoms with van der Waals surface area (Å²) in [7, 11) is -4.67. The van der Waals surface area contributed by atoms with Crippen molar-refractivity contribution >= 4 is 48.6 Å². The second-order valence-electron chi connectivity index (χ2n) is 8.03. The molecule has 0 aliphatic carbocycles. The van der Waals surface area contributed by atoms with Crippen LogP contribution in [0, 0.1) is 5.82 Å². The van der Waals surface area contributed by atoms with Crippen LogP contribution in [0.4, 0.5) is 10.1 Å². The Morgan fingerprint density at radius 3 is 1.95 bits per heavy atom. The SMILES string of the molecule is NS(=O)(=O)N(CC(=O)O)c1c(OCc2ccccc2)cc2cc(OCc3ccccc3)c(Br)cc2c1F. The summed E-state index contributed by atoms with van der Waals surface area (Å²) >= 11 is 3.37. The number of rotatable bonds is 10. The highest BCUT2D eigenvalue weighted by atomic mass is 79.9. The number of hydrogen-bond acceptors (Lipinski definition) is 5. The van der Waals surface area contributed by atoms with E-state index in [0.29, 0.717) is 15.6 Å². The number of benzene rings is 4. The molecule has 0 atom stereocenters. The molecular weight excluding hydrogens is 567 g/mol. The number of nitrogens with two attached hydrogens (primary N) is 1. The normalized spacial score (nSPS) is 11.3. The van der Waals surface area contributed by atoms with E-state index in [-0.39, 0.29) is 28.7 Å². The van der Waals surface area contributed by atoms with E-state index in [1.54, 1.807) is 30.3 Å².